The van der Waals surface area contributed by atoms with Crippen LogP contribution in [0.25, 0.3) is 0 Å². The number of halogens is 3. The quantitative estimate of drug-likeness (QED) is 0.319. The molecule has 1 aromatic carbocycles. The molecule has 1 heterocycles. The highest BCUT2D eigenvalue weighted by Gasteiger charge is 2.11. The van der Waals surface area contributed by atoms with Crippen molar-refractivity contribution in [3.63, 3.8) is 0 Å². The minimum Gasteiger partial charge on any atom is -0.493 e. The molecule has 2 rings (SSSR count). The first-order valence-corrected chi connectivity index (χ1v) is 8.37. The summed E-state index contributed by atoms with van der Waals surface area (Å²) in [6.45, 7) is 1.64. The Morgan fingerprint density at radius 3 is 2.56 bits per heavy atom. The number of ether oxygens (including phenoxy) is 2. The van der Waals surface area contributed by atoms with Crippen LogP contribution < -0.4 is 20.1 Å². The van der Waals surface area contributed by atoms with E-state index in [1.165, 1.54) is 13.2 Å². The molecule has 0 amide bonds. The first kappa shape index (κ1) is 23.0. The maximum Gasteiger partial charge on any atom is 0.387 e. The normalized spacial score (nSPS) is 11.1. The predicted octanol–water partition coefficient (Wildman–Crippen LogP) is 3.47. The second kappa shape index (κ2) is 12.4. The van der Waals surface area contributed by atoms with E-state index in [0.717, 1.165) is 18.7 Å². The van der Waals surface area contributed by atoms with Gasteiger partial charge in [0.15, 0.2) is 17.5 Å². The highest BCUT2D eigenvalue weighted by Crippen LogP contribution is 2.29. The Balaban J connectivity index is 0.00000364. The topological polar surface area (TPSA) is 59.8 Å². The van der Waals surface area contributed by atoms with E-state index in [2.05, 4.69) is 24.9 Å². The molecule has 9 heteroatoms. The van der Waals surface area contributed by atoms with Crippen LogP contribution in [0.2, 0.25) is 0 Å². The molecular formula is C18H25F2IN4O2. The molecule has 2 N–H and O–H groups in total. The smallest absolute Gasteiger partial charge is 0.387 e. The van der Waals surface area contributed by atoms with Crippen LogP contribution in [0.3, 0.4) is 0 Å². The van der Waals surface area contributed by atoms with Gasteiger partial charge in [-0.1, -0.05) is 6.07 Å². The number of hydrogen-bond donors (Lipinski definition) is 2. The van der Waals surface area contributed by atoms with Gasteiger partial charge in [-0.2, -0.15) is 8.78 Å². The van der Waals surface area contributed by atoms with Gasteiger partial charge >= 0.3 is 6.61 Å². The number of benzene rings is 1. The van der Waals surface area contributed by atoms with Gasteiger partial charge in [-0.3, -0.25) is 0 Å². The van der Waals surface area contributed by atoms with E-state index >= 15 is 0 Å². The molecule has 0 aliphatic rings. The summed E-state index contributed by atoms with van der Waals surface area (Å²) in [5.74, 6) is 0.919. The minimum atomic E-state index is -2.91. The Hall–Kier alpha value is -2.04. The fourth-order valence-electron chi connectivity index (χ4n) is 2.34. The van der Waals surface area contributed by atoms with Crippen LogP contribution in [0.5, 0.6) is 11.5 Å². The lowest BCUT2D eigenvalue weighted by Gasteiger charge is -2.13. The first-order chi connectivity index (χ1) is 12.6. The molecule has 0 saturated heterocycles. The number of aromatic nitrogens is 1. The lowest BCUT2D eigenvalue weighted by Crippen LogP contribution is -2.38. The highest BCUT2D eigenvalue weighted by molar-refractivity contribution is 14.0. The molecule has 0 radical (unpaired) electrons. The lowest BCUT2D eigenvalue weighted by atomic mass is 10.2. The molecule has 1 aromatic heterocycles. The van der Waals surface area contributed by atoms with Gasteiger partial charge in [0.1, 0.15) is 0 Å². The van der Waals surface area contributed by atoms with Gasteiger partial charge in [0.25, 0.3) is 0 Å². The van der Waals surface area contributed by atoms with Crippen molar-refractivity contribution in [3.05, 3.63) is 48.3 Å². The zero-order valence-corrected chi connectivity index (χ0v) is 17.7. The molecule has 2 aromatic rings. The average molecular weight is 494 g/mol. The maximum atomic E-state index is 12.5. The second-order valence-corrected chi connectivity index (χ2v) is 5.41. The van der Waals surface area contributed by atoms with Crippen molar-refractivity contribution in [2.45, 2.75) is 26.6 Å². The number of hydrogen-bond acceptors (Lipinski definition) is 3. The van der Waals surface area contributed by atoms with Gasteiger partial charge in [0.2, 0.25) is 0 Å². The molecule has 0 spiro atoms. The summed E-state index contributed by atoms with van der Waals surface area (Å²) in [7, 11) is 1.41. The van der Waals surface area contributed by atoms with Crippen LogP contribution >= 0.6 is 24.0 Å². The summed E-state index contributed by atoms with van der Waals surface area (Å²) >= 11 is 0. The number of nitrogens with one attached hydrogen (secondary N) is 2. The zero-order chi connectivity index (χ0) is 18.8. The van der Waals surface area contributed by atoms with Crippen LogP contribution in [0.1, 0.15) is 12.5 Å². The summed E-state index contributed by atoms with van der Waals surface area (Å²) in [5.41, 5.74) is 0.740. The molecule has 0 unspecified atom stereocenters. The molecule has 0 saturated carbocycles. The van der Waals surface area contributed by atoms with E-state index in [1.54, 1.807) is 12.1 Å². The van der Waals surface area contributed by atoms with Crippen molar-refractivity contribution < 1.29 is 18.3 Å². The van der Waals surface area contributed by atoms with Gasteiger partial charge in [-0.25, -0.2) is 4.99 Å². The average Bonchev–Trinajstić information content (AvgIpc) is 3.13. The fraction of sp³-hybridized carbons (Fsp3) is 0.389. The van der Waals surface area contributed by atoms with Gasteiger partial charge in [0.05, 0.1) is 13.7 Å². The van der Waals surface area contributed by atoms with E-state index in [4.69, 9.17) is 4.74 Å². The van der Waals surface area contributed by atoms with E-state index in [9.17, 15) is 8.78 Å². The summed E-state index contributed by atoms with van der Waals surface area (Å²) in [4.78, 5) is 4.48. The molecule has 0 fully saturated rings. The van der Waals surface area contributed by atoms with Crippen molar-refractivity contribution in [2.75, 3.05) is 20.2 Å². The monoisotopic (exact) mass is 494 g/mol. The van der Waals surface area contributed by atoms with Crippen molar-refractivity contribution in [3.8, 4) is 11.5 Å². The second-order valence-electron chi connectivity index (χ2n) is 5.41. The standard InChI is InChI=1S/C18H24F2N4O2.HI/c1-3-21-18(22-8-11-24-9-4-5-10-24)23-13-14-6-7-15(25-2)16(12-14)26-17(19)20;/h4-7,9-10,12,17H,3,8,11,13H2,1-2H3,(H2,21,22,23);1H. The summed E-state index contributed by atoms with van der Waals surface area (Å²) < 4.78 is 36.6. The third-order valence-corrected chi connectivity index (χ3v) is 3.54. The summed E-state index contributed by atoms with van der Waals surface area (Å²) in [6.07, 6.45) is 3.99. The van der Waals surface area contributed by atoms with Crippen molar-refractivity contribution >= 4 is 29.9 Å². The Morgan fingerprint density at radius 2 is 1.93 bits per heavy atom. The van der Waals surface area contributed by atoms with Crippen molar-refractivity contribution in [1.29, 1.82) is 0 Å². The molecular weight excluding hydrogens is 469 g/mol. The highest BCUT2D eigenvalue weighted by atomic mass is 127. The number of alkyl halides is 2. The van der Waals surface area contributed by atoms with Crippen molar-refractivity contribution in [1.82, 2.24) is 15.2 Å². The molecule has 0 aliphatic heterocycles. The number of aliphatic imine (C=N–C) groups is 1. The molecule has 0 aliphatic carbocycles. The van der Waals surface area contributed by atoms with E-state index in [-0.39, 0.29) is 35.5 Å². The SMILES string of the molecule is CCNC(=NCc1ccc(OC)c(OC(F)F)c1)NCCn1cccc1.I. The Morgan fingerprint density at radius 1 is 1.19 bits per heavy atom. The molecule has 27 heavy (non-hydrogen) atoms. The van der Waals surface area contributed by atoms with Crippen LogP contribution in [-0.4, -0.2) is 37.3 Å². The predicted molar refractivity (Wildman–Crippen MR) is 112 cm³/mol. The van der Waals surface area contributed by atoms with E-state index in [1.807, 2.05) is 31.5 Å². The van der Waals surface area contributed by atoms with E-state index in [0.29, 0.717) is 19.0 Å². The zero-order valence-electron chi connectivity index (χ0n) is 15.3. The Kier molecular flexibility index (Phi) is 10.5. The Labute approximate surface area is 175 Å². The fourth-order valence-corrected chi connectivity index (χ4v) is 2.34. The molecule has 6 nitrogen and oxygen atoms in total. The van der Waals surface area contributed by atoms with Crippen LogP contribution in [-0.2, 0) is 13.1 Å². The third kappa shape index (κ3) is 8.02. The van der Waals surface area contributed by atoms with Crippen LogP contribution in [0.4, 0.5) is 8.78 Å². The molecule has 0 bridgehead atoms. The largest absolute Gasteiger partial charge is 0.493 e. The van der Waals surface area contributed by atoms with Crippen LogP contribution in [0.15, 0.2) is 47.7 Å². The summed E-state index contributed by atoms with van der Waals surface area (Å²) in [5, 5.41) is 6.40. The summed E-state index contributed by atoms with van der Waals surface area (Å²) in [6, 6.07) is 8.82. The number of guanidine groups is 1. The maximum absolute atomic E-state index is 12.5. The number of methoxy groups -OCH3 is 1. The Bertz CT molecular complexity index is 697. The number of nitrogens with zero attached hydrogens (tertiary/aromatic N) is 2. The van der Waals surface area contributed by atoms with Gasteiger partial charge in [0, 0.05) is 32.0 Å². The van der Waals surface area contributed by atoms with Gasteiger partial charge in [-0.05, 0) is 36.8 Å². The lowest BCUT2D eigenvalue weighted by molar-refractivity contribution is -0.0512. The van der Waals surface area contributed by atoms with Gasteiger partial charge in [-0.15, -0.1) is 24.0 Å². The minimum absolute atomic E-state index is 0. The van der Waals surface area contributed by atoms with Gasteiger partial charge < -0.3 is 24.7 Å². The first-order valence-electron chi connectivity index (χ1n) is 8.37. The van der Waals surface area contributed by atoms with Crippen molar-refractivity contribution in [2.24, 2.45) is 4.99 Å². The van der Waals surface area contributed by atoms with Crippen LogP contribution in [0, 0.1) is 0 Å². The molecule has 0 atom stereocenters. The number of rotatable bonds is 9. The third-order valence-electron chi connectivity index (χ3n) is 3.54. The molecule has 150 valence electrons. The van der Waals surface area contributed by atoms with E-state index < -0.39 is 6.61 Å².